The summed E-state index contributed by atoms with van der Waals surface area (Å²) < 4.78 is 5.64. The van der Waals surface area contributed by atoms with E-state index in [2.05, 4.69) is 20.5 Å². The van der Waals surface area contributed by atoms with Crippen LogP contribution in [0.15, 0.2) is 47.1 Å². The van der Waals surface area contributed by atoms with Crippen molar-refractivity contribution in [2.24, 2.45) is 0 Å². The Labute approximate surface area is 131 Å². The van der Waals surface area contributed by atoms with Gasteiger partial charge in [-0.3, -0.25) is 9.89 Å². The minimum absolute atomic E-state index is 0.137. The van der Waals surface area contributed by atoms with Crippen molar-refractivity contribution in [1.29, 1.82) is 0 Å². The van der Waals surface area contributed by atoms with Crippen molar-refractivity contribution in [3.63, 3.8) is 0 Å². The van der Waals surface area contributed by atoms with Crippen molar-refractivity contribution in [3.05, 3.63) is 53.6 Å². The average molecular weight is 317 g/mol. The van der Waals surface area contributed by atoms with Gasteiger partial charge >= 0.3 is 0 Å². The molecule has 1 amide bonds. The normalized spacial score (nSPS) is 10.6. The van der Waals surface area contributed by atoms with E-state index >= 15 is 0 Å². The molecule has 0 aliphatic rings. The molecule has 6 nitrogen and oxygen atoms in total. The summed E-state index contributed by atoms with van der Waals surface area (Å²) in [6, 6.07) is 9.05. The quantitative estimate of drug-likeness (QED) is 0.756. The summed E-state index contributed by atoms with van der Waals surface area (Å²) in [5, 5.41) is 9.71. The molecule has 0 aliphatic carbocycles. The standard InChI is InChI=1S/C15H13ClN4O2/c16-11-4-2-1-3-10(11)12-9-17-15(22-12)6-5-14(21)19-13-7-8-18-20-13/h1-4,7-9H,5-6H2,(H2,18,19,20,21). The number of H-pyrrole nitrogens is 1. The maximum atomic E-state index is 11.8. The fourth-order valence-electron chi connectivity index (χ4n) is 1.97. The van der Waals surface area contributed by atoms with E-state index in [1.165, 1.54) is 0 Å². The molecule has 0 saturated heterocycles. The number of carbonyl (C=O) groups is 1. The summed E-state index contributed by atoms with van der Waals surface area (Å²) >= 11 is 6.11. The van der Waals surface area contributed by atoms with Gasteiger partial charge in [-0.25, -0.2) is 4.98 Å². The molecule has 0 radical (unpaired) electrons. The van der Waals surface area contributed by atoms with E-state index in [4.69, 9.17) is 16.0 Å². The van der Waals surface area contributed by atoms with Crippen LogP contribution in [-0.4, -0.2) is 21.1 Å². The fourth-order valence-corrected chi connectivity index (χ4v) is 2.20. The molecule has 7 heteroatoms. The number of hydrogen-bond donors (Lipinski definition) is 2. The van der Waals surface area contributed by atoms with E-state index in [1.807, 2.05) is 18.2 Å². The van der Waals surface area contributed by atoms with E-state index in [-0.39, 0.29) is 12.3 Å². The van der Waals surface area contributed by atoms with Crippen molar-refractivity contribution in [1.82, 2.24) is 15.2 Å². The van der Waals surface area contributed by atoms with Crippen LogP contribution in [0, 0.1) is 0 Å². The number of rotatable bonds is 5. The molecule has 0 spiro atoms. The predicted octanol–water partition coefficient (Wildman–Crippen LogP) is 3.29. The SMILES string of the molecule is O=C(CCc1ncc(-c2ccccc2Cl)o1)Nc1ccn[nH]1. The highest BCUT2D eigenvalue weighted by Crippen LogP contribution is 2.28. The minimum Gasteiger partial charge on any atom is -0.441 e. The Hall–Kier alpha value is -2.60. The van der Waals surface area contributed by atoms with Crippen LogP contribution in [0.5, 0.6) is 0 Å². The lowest BCUT2D eigenvalue weighted by Crippen LogP contribution is -2.12. The van der Waals surface area contributed by atoms with Gasteiger partial charge in [0.05, 0.1) is 17.4 Å². The summed E-state index contributed by atoms with van der Waals surface area (Å²) in [4.78, 5) is 15.9. The van der Waals surface area contributed by atoms with Gasteiger partial charge in [-0.1, -0.05) is 23.7 Å². The zero-order valence-electron chi connectivity index (χ0n) is 11.5. The third kappa shape index (κ3) is 3.35. The molecule has 112 valence electrons. The first-order valence-corrected chi connectivity index (χ1v) is 7.09. The van der Waals surface area contributed by atoms with Crippen molar-refractivity contribution >= 4 is 23.3 Å². The molecule has 0 saturated carbocycles. The lowest BCUT2D eigenvalue weighted by Gasteiger charge is -2.01. The van der Waals surface area contributed by atoms with Crippen LogP contribution < -0.4 is 5.32 Å². The number of amides is 1. The third-order valence-corrected chi connectivity index (χ3v) is 3.36. The second-order valence-corrected chi connectivity index (χ2v) is 5.02. The first-order chi connectivity index (χ1) is 10.7. The van der Waals surface area contributed by atoms with Crippen LogP contribution in [0.25, 0.3) is 11.3 Å². The number of halogens is 1. The molecule has 0 bridgehead atoms. The molecule has 0 unspecified atom stereocenters. The van der Waals surface area contributed by atoms with Gasteiger partial charge in [0.2, 0.25) is 5.91 Å². The van der Waals surface area contributed by atoms with E-state index in [0.29, 0.717) is 28.9 Å². The maximum Gasteiger partial charge on any atom is 0.226 e. The van der Waals surface area contributed by atoms with Crippen LogP contribution in [0.3, 0.4) is 0 Å². The topological polar surface area (TPSA) is 83.8 Å². The largest absolute Gasteiger partial charge is 0.441 e. The lowest BCUT2D eigenvalue weighted by molar-refractivity contribution is -0.116. The van der Waals surface area contributed by atoms with Crippen LogP contribution in [-0.2, 0) is 11.2 Å². The molecule has 22 heavy (non-hydrogen) atoms. The molecule has 3 rings (SSSR count). The van der Waals surface area contributed by atoms with Crippen LogP contribution in [0.2, 0.25) is 5.02 Å². The molecular weight excluding hydrogens is 304 g/mol. The molecule has 0 atom stereocenters. The minimum atomic E-state index is -0.137. The number of nitrogens with one attached hydrogen (secondary N) is 2. The second-order valence-electron chi connectivity index (χ2n) is 4.62. The van der Waals surface area contributed by atoms with Crippen LogP contribution >= 0.6 is 11.6 Å². The van der Waals surface area contributed by atoms with Gasteiger partial charge in [-0.2, -0.15) is 5.10 Å². The highest BCUT2D eigenvalue weighted by molar-refractivity contribution is 6.33. The Balaban J connectivity index is 1.60. The second kappa shape index (κ2) is 6.44. The molecule has 2 N–H and O–H groups in total. The van der Waals surface area contributed by atoms with Crippen molar-refractivity contribution in [3.8, 4) is 11.3 Å². The summed E-state index contributed by atoms with van der Waals surface area (Å²) in [7, 11) is 0. The molecule has 3 aromatic rings. The zero-order chi connectivity index (χ0) is 15.4. The van der Waals surface area contributed by atoms with E-state index < -0.39 is 0 Å². The molecule has 0 fully saturated rings. The van der Waals surface area contributed by atoms with Crippen molar-refractivity contribution in [2.45, 2.75) is 12.8 Å². The predicted molar refractivity (Wildman–Crippen MR) is 82.5 cm³/mol. The number of carbonyl (C=O) groups excluding carboxylic acids is 1. The highest BCUT2D eigenvalue weighted by Gasteiger charge is 2.11. The summed E-state index contributed by atoms with van der Waals surface area (Å²) in [5.41, 5.74) is 0.782. The number of hydrogen-bond acceptors (Lipinski definition) is 4. The number of oxazole rings is 1. The smallest absolute Gasteiger partial charge is 0.226 e. The van der Waals surface area contributed by atoms with Gasteiger partial charge in [0, 0.05) is 24.5 Å². The molecular formula is C15H13ClN4O2. The maximum absolute atomic E-state index is 11.8. The lowest BCUT2D eigenvalue weighted by atomic mass is 10.2. The summed E-state index contributed by atoms with van der Waals surface area (Å²) in [6.07, 6.45) is 3.86. The highest BCUT2D eigenvalue weighted by atomic mass is 35.5. The zero-order valence-corrected chi connectivity index (χ0v) is 12.3. The molecule has 2 aromatic heterocycles. The van der Waals surface area contributed by atoms with Gasteiger partial charge in [-0.15, -0.1) is 0 Å². The molecule has 1 aromatic carbocycles. The number of benzene rings is 1. The number of anilines is 1. The first-order valence-electron chi connectivity index (χ1n) is 6.71. The van der Waals surface area contributed by atoms with Crippen molar-refractivity contribution in [2.75, 3.05) is 5.32 Å². The van der Waals surface area contributed by atoms with E-state index in [0.717, 1.165) is 5.56 Å². The third-order valence-electron chi connectivity index (χ3n) is 3.03. The Kier molecular flexibility index (Phi) is 4.20. The monoisotopic (exact) mass is 316 g/mol. The Bertz CT molecular complexity index is 767. The van der Waals surface area contributed by atoms with Crippen LogP contribution in [0.1, 0.15) is 12.3 Å². The Morgan fingerprint density at radius 3 is 2.95 bits per heavy atom. The number of aromatic amines is 1. The van der Waals surface area contributed by atoms with E-state index in [9.17, 15) is 4.79 Å². The van der Waals surface area contributed by atoms with Crippen molar-refractivity contribution < 1.29 is 9.21 Å². The number of aryl methyl sites for hydroxylation is 1. The fraction of sp³-hybridized carbons (Fsp3) is 0.133. The van der Waals surface area contributed by atoms with Gasteiger partial charge in [0.15, 0.2) is 11.7 Å². The molecule has 0 aliphatic heterocycles. The Morgan fingerprint density at radius 2 is 2.18 bits per heavy atom. The Morgan fingerprint density at radius 1 is 1.32 bits per heavy atom. The first kappa shape index (κ1) is 14.3. The molecule has 2 heterocycles. The van der Waals surface area contributed by atoms with Crippen LogP contribution in [0.4, 0.5) is 5.82 Å². The number of nitrogens with zero attached hydrogens (tertiary/aromatic N) is 2. The van der Waals surface area contributed by atoms with E-state index in [1.54, 1.807) is 24.5 Å². The average Bonchev–Trinajstić information content (AvgIpc) is 3.17. The summed E-state index contributed by atoms with van der Waals surface area (Å²) in [6.45, 7) is 0. The van der Waals surface area contributed by atoms with Gasteiger partial charge in [0.25, 0.3) is 0 Å². The van der Waals surface area contributed by atoms with Gasteiger partial charge < -0.3 is 9.73 Å². The van der Waals surface area contributed by atoms with Gasteiger partial charge in [-0.05, 0) is 12.1 Å². The summed E-state index contributed by atoms with van der Waals surface area (Å²) in [5.74, 6) is 1.51. The number of aromatic nitrogens is 3. The van der Waals surface area contributed by atoms with Gasteiger partial charge in [0.1, 0.15) is 5.82 Å².